The lowest BCUT2D eigenvalue weighted by molar-refractivity contribution is -0.132. The number of aromatic nitrogens is 2. The first-order valence-electron chi connectivity index (χ1n) is 8.94. The van der Waals surface area contributed by atoms with Crippen LogP contribution < -0.4 is 5.76 Å². The number of rotatable bonds is 3. The van der Waals surface area contributed by atoms with E-state index in [-0.39, 0.29) is 18.5 Å². The number of carbonyl (C=O) groups excluding carboxylic acids is 1. The number of oxazole rings is 1. The maximum absolute atomic E-state index is 13.0. The average Bonchev–Trinajstić information content (AvgIpc) is 3.38. The van der Waals surface area contributed by atoms with Crippen LogP contribution in [0.25, 0.3) is 21.3 Å². The van der Waals surface area contributed by atoms with Crippen LogP contribution in [-0.2, 0) is 11.3 Å². The number of thiazole rings is 1. The van der Waals surface area contributed by atoms with Gasteiger partial charge in [0.05, 0.1) is 21.8 Å². The summed E-state index contributed by atoms with van der Waals surface area (Å²) >= 11 is 1.64. The molecule has 4 aromatic rings. The third-order valence-electron chi connectivity index (χ3n) is 5.04. The molecular weight excluding hydrogens is 362 g/mol. The van der Waals surface area contributed by atoms with Crippen LogP contribution in [0.4, 0.5) is 0 Å². The standard InChI is InChI=1S/C20H17N3O3S/c24-18(12-23-14-7-2-3-9-16(14)26-20(23)25)22-11-5-8-15(22)19-21-13-6-1-4-10-17(13)27-19/h1-4,6-7,9-10,15H,5,8,11-12H2/t15-/m1/s1. The van der Waals surface area contributed by atoms with Crippen molar-refractivity contribution in [1.82, 2.24) is 14.5 Å². The molecule has 1 aliphatic rings. The van der Waals surface area contributed by atoms with Gasteiger partial charge in [0, 0.05) is 6.54 Å². The van der Waals surface area contributed by atoms with E-state index in [1.54, 1.807) is 29.5 Å². The van der Waals surface area contributed by atoms with Crippen LogP contribution in [0.3, 0.4) is 0 Å². The highest BCUT2D eigenvalue weighted by Gasteiger charge is 2.32. The van der Waals surface area contributed by atoms with Gasteiger partial charge in [-0.05, 0) is 37.1 Å². The molecule has 2 aromatic carbocycles. The van der Waals surface area contributed by atoms with Gasteiger partial charge in [0.1, 0.15) is 11.6 Å². The molecule has 0 saturated carbocycles. The van der Waals surface area contributed by atoms with Crippen molar-refractivity contribution in [2.24, 2.45) is 0 Å². The highest BCUT2D eigenvalue weighted by atomic mass is 32.1. The minimum atomic E-state index is -0.500. The van der Waals surface area contributed by atoms with Gasteiger partial charge in [0.25, 0.3) is 0 Å². The monoisotopic (exact) mass is 379 g/mol. The Bertz CT molecular complexity index is 1170. The van der Waals surface area contributed by atoms with Gasteiger partial charge in [-0.15, -0.1) is 11.3 Å². The summed E-state index contributed by atoms with van der Waals surface area (Å²) in [6, 6.07) is 15.2. The Kier molecular flexibility index (Phi) is 3.82. The predicted molar refractivity (Wildman–Crippen MR) is 104 cm³/mol. The van der Waals surface area contributed by atoms with Gasteiger partial charge in [-0.2, -0.15) is 0 Å². The van der Waals surface area contributed by atoms with Crippen LogP contribution in [0.2, 0.25) is 0 Å². The second-order valence-corrected chi connectivity index (χ2v) is 7.75. The molecule has 0 aliphatic carbocycles. The molecule has 1 aliphatic heterocycles. The van der Waals surface area contributed by atoms with Gasteiger partial charge in [0.15, 0.2) is 5.58 Å². The summed E-state index contributed by atoms with van der Waals surface area (Å²) in [5, 5.41) is 0.964. The molecule has 0 bridgehead atoms. The molecule has 7 heteroatoms. The van der Waals surface area contributed by atoms with Crippen LogP contribution in [0.1, 0.15) is 23.9 Å². The third kappa shape index (κ3) is 2.75. The summed E-state index contributed by atoms with van der Waals surface area (Å²) in [7, 11) is 0. The summed E-state index contributed by atoms with van der Waals surface area (Å²) in [4.78, 5) is 31.8. The van der Waals surface area contributed by atoms with Crippen molar-refractivity contribution in [3.05, 3.63) is 64.1 Å². The van der Waals surface area contributed by atoms with Crippen molar-refractivity contribution < 1.29 is 9.21 Å². The van der Waals surface area contributed by atoms with E-state index in [4.69, 9.17) is 9.40 Å². The van der Waals surface area contributed by atoms with Crippen molar-refractivity contribution >= 4 is 38.6 Å². The Morgan fingerprint density at radius 1 is 1.19 bits per heavy atom. The van der Waals surface area contributed by atoms with Crippen LogP contribution in [0.5, 0.6) is 0 Å². The van der Waals surface area contributed by atoms with Gasteiger partial charge >= 0.3 is 5.76 Å². The quantitative estimate of drug-likeness (QED) is 0.546. The van der Waals surface area contributed by atoms with E-state index in [0.717, 1.165) is 28.1 Å². The Morgan fingerprint density at radius 3 is 2.89 bits per heavy atom. The number of benzene rings is 2. The minimum absolute atomic E-state index is 0.0166. The number of carbonyl (C=O) groups is 1. The van der Waals surface area contributed by atoms with Gasteiger partial charge in [-0.1, -0.05) is 24.3 Å². The molecule has 1 saturated heterocycles. The van der Waals surface area contributed by atoms with E-state index in [0.29, 0.717) is 17.6 Å². The molecule has 136 valence electrons. The summed E-state index contributed by atoms with van der Waals surface area (Å²) in [5.74, 6) is -0.578. The highest BCUT2D eigenvalue weighted by Crippen LogP contribution is 2.36. The van der Waals surface area contributed by atoms with Crippen LogP contribution in [0.15, 0.2) is 57.7 Å². The van der Waals surface area contributed by atoms with E-state index in [1.165, 1.54) is 4.57 Å². The lowest BCUT2D eigenvalue weighted by Crippen LogP contribution is -2.35. The number of para-hydroxylation sites is 3. The van der Waals surface area contributed by atoms with E-state index in [1.807, 2.05) is 29.2 Å². The maximum Gasteiger partial charge on any atom is 0.420 e. The number of nitrogens with zero attached hydrogens (tertiary/aromatic N) is 3. The molecule has 27 heavy (non-hydrogen) atoms. The predicted octanol–water partition coefficient (Wildman–Crippen LogP) is 3.57. The zero-order valence-corrected chi connectivity index (χ0v) is 15.3. The van der Waals surface area contributed by atoms with Gasteiger partial charge < -0.3 is 9.32 Å². The lowest BCUT2D eigenvalue weighted by atomic mass is 10.2. The Morgan fingerprint density at radius 2 is 2.00 bits per heavy atom. The first-order chi connectivity index (χ1) is 13.2. The molecular formula is C20H17N3O3S. The molecule has 5 rings (SSSR count). The first-order valence-corrected chi connectivity index (χ1v) is 9.76. The third-order valence-corrected chi connectivity index (χ3v) is 6.17. The van der Waals surface area contributed by atoms with Gasteiger partial charge in [-0.25, -0.2) is 9.78 Å². The van der Waals surface area contributed by atoms with Crippen LogP contribution in [-0.4, -0.2) is 26.9 Å². The summed E-state index contributed by atoms with van der Waals surface area (Å²) in [5.41, 5.74) is 2.11. The maximum atomic E-state index is 13.0. The smallest absolute Gasteiger partial charge is 0.408 e. The summed E-state index contributed by atoms with van der Waals surface area (Å²) < 4.78 is 7.78. The summed E-state index contributed by atoms with van der Waals surface area (Å²) in [6.07, 6.45) is 1.83. The molecule has 0 radical (unpaired) electrons. The average molecular weight is 379 g/mol. The fraction of sp³-hybridized carbons (Fsp3) is 0.250. The Balaban J connectivity index is 1.45. The number of hydrogen-bond donors (Lipinski definition) is 0. The lowest BCUT2D eigenvalue weighted by Gasteiger charge is -2.23. The molecule has 1 atom stereocenters. The van der Waals surface area contributed by atoms with E-state index in [9.17, 15) is 9.59 Å². The number of fused-ring (bicyclic) bond motifs is 2. The molecule has 1 amide bonds. The second kappa shape index (κ2) is 6.35. The fourth-order valence-electron chi connectivity index (χ4n) is 3.74. The van der Waals surface area contributed by atoms with Crippen molar-refractivity contribution in [2.45, 2.75) is 25.4 Å². The normalized spacial score (nSPS) is 17.2. The van der Waals surface area contributed by atoms with E-state index < -0.39 is 5.76 Å². The van der Waals surface area contributed by atoms with Crippen LogP contribution in [0, 0.1) is 0 Å². The fourth-order valence-corrected chi connectivity index (χ4v) is 4.86. The largest absolute Gasteiger partial charge is 0.420 e. The minimum Gasteiger partial charge on any atom is -0.408 e. The topological polar surface area (TPSA) is 68.3 Å². The van der Waals surface area contributed by atoms with Crippen molar-refractivity contribution in [2.75, 3.05) is 6.54 Å². The number of amides is 1. The van der Waals surface area contributed by atoms with Gasteiger partial charge in [-0.3, -0.25) is 9.36 Å². The first kappa shape index (κ1) is 16.3. The van der Waals surface area contributed by atoms with Gasteiger partial charge in [0.2, 0.25) is 5.91 Å². The Labute approximate surface area is 158 Å². The highest BCUT2D eigenvalue weighted by molar-refractivity contribution is 7.18. The molecule has 2 aromatic heterocycles. The zero-order chi connectivity index (χ0) is 18.4. The SMILES string of the molecule is O=C(Cn1c(=O)oc2ccccc21)N1CCC[C@@H]1c1nc2ccccc2s1. The van der Waals surface area contributed by atoms with Crippen molar-refractivity contribution in [3.63, 3.8) is 0 Å². The molecule has 0 unspecified atom stereocenters. The van der Waals surface area contributed by atoms with E-state index >= 15 is 0 Å². The Hall–Kier alpha value is -2.93. The molecule has 0 spiro atoms. The number of hydrogen-bond acceptors (Lipinski definition) is 5. The van der Waals surface area contributed by atoms with Crippen molar-refractivity contribution in [3.8, 4) is 0 Å². The number of likely N-dealkylation sites (tertiary alicyclic amines) is 1. The van der Waals surface area contributed by atoms with Crippen LogP contribution >= 0.6 is 11.3 Å². The second-order valence-electron chi connectivity index (χ2n) is 6.69. The molecule has 6 nitrogen and oxygen atoms in total. The van der Waals surface area contributed by atoms with E-state index in [2.05, 4.69) is 6.07 Å². The summed E-state index contributed by atoms with van der Waals surface area (Å²) in [6.45, 7) is 0.668. The van der Waals surface area contributed by atoms with Crippen molar-refractivity contribution in [1.29, 1.82) is 0 Å². The molecule has 3 heterocycles. The molecule has 0 N–H and O–H groups in total. The molecule has 1 fully saturated rings. The zero-order valence-electron chi connectivity index (χ0n) is 14.5.